The van der Waals surface area contributed by atoms with E-state index in [1.807, 2.05) is 30.3 Å². The molecule has 1 aromatic carbocycles. The van der Waals surface area contributed by atoms with Gasteiger partial charge in [-0.1, -0.05) is 42.2 Å². The van der Waals surface area contributed by atoms with Crippen molar-refractivity contribution >= 4 is 5.91 Å². The Hall–Kier alpha value is -2.19. The van der Waals surface area contributed by atoms with Crippen molar-refractivity contribution in [1.29, 1.82) is 0 Å². The van der Waals surface area contributed by atoms with Crippen LogP contribution in [-0.4, -0.2) is 17.4 Å². The van der Waals surface area contributed by atoms with Gasteiger partial charge in [0.2, 0.25) is 0 Å². The number of rotatable bonds is 3. The Labute approximate surface area is 103 Å². The molecule has 0 aliphatic carbocycles. The van der Waals surface area contributed by atoms with E-state index in [9.17, 15) is 4.79 Å². The largest absolute Gasteiger partial charge is 0.316 e. The van der Waals surface area contributed by atoms with Gasteiger partial charge < -0.3 is 4.90 Å². The summed E-state index contributed by atoms with van der Waals surface area (Å²) >= 11 is 0. The van der Waals surface area contributed by atoms with Gasteiger partial charge in [0.15, 0.2) is 0 Å². The summed E-state index contributed by atoms with van der Waals surface area (Å²) in [5.41, 5.74) is 1.08. The summed E-state index contributed by atoms with van der Waals surface area (Å²) in [4.78, 5) is 13.4. The Morgan fingerprint density at radius 1 is 1.18 bits per heavy atom. The molecule has 2 heteroatoms. The summed E-state index contributed by atoms with van der Waals surface area (Å²) in [6.07, 6.45) is 0. The number of amides is 1. The van der Waals surface area contributed by atoms with Crippen molar-refractivity contribution < 1.29 is 4.79 Å². The minimum atomic E-state index is -0.181. The number of carbonyl (C=O) groups excluding carboxylic acids is 1. The predicted molar refractivity (Wildman–Crippen MR) is 68.8 cm³/mol. The molecule has 0 N–H and O–H groups in total. The number of benzene rings is 1. The first-order valence-corrected chi connectivity index (χ1v) is 5.43. The zero-order valence-electron chi connectivity index (χ0n) is 10.2. The van der Waals surface area contributed by atoms with Crippen LogP contribution < -0.4 is 0 Å². The van der Waals surface area contributed by atoms with Crippen LogP contribution in [0.3, 0.4) is 0 Å². The Balaban J connectivity index is 2.78. The summed E-state index contributed by atoms with van der Waals surface area (Å²) in [5, 5.41) is 0. The van der Waals surface area contributed by atoms with E-state index in [0.29, 0.717) is 13.1 Å². The SMILES string of the molecule is CC#CCN(Cc1ccccc1)C(=O)C#CC. The third-order valence-electron chi connectivity index (χ3n) is 2.18. The molecule has 0 spiro atoms. The zero-order chi connectivity index (χ0) is 12.5. The molecule has 1 rings (SSSR count). The first-order chi connectivity index (χ1) is 8.27. The molecular weight excluding hydrogens is 210 g/mol. The molecular formula is C15H15NO. The lowest BCUT2D eigenvalue weighted by Gasteiger charge is -2.17. The van der Waals surface area contributed by atoms with Gasteiger partial charge in [-0.15, -0.1) is 5.92 Å². The highest BCUT2D eigenvalue weighted by Crippen LogP contribution is 2.04. The molecule has 1 amide bonds. The third-order valence-corrected chi connectivity index (χ3v) is 2.18. The van der Waals surface area contributed by atoms with Crippen molar-refractivity contribution in [3.8, 4) is 23.7 Å². The van der Waals surface area contributed by atoms with Crippen LogP contribution in [0.15, 0.2) is 30.3 Å². The molecule has 0 heterocycles. The number of hydrogen-bond acceptors (Lipinski definition) is 1. The second kappa shape index (κ2) is 7.14. The second-order valence-electron chi connectivity index (χ2n) is 3.45. The molecule has 0 aromatic heterocycles. The summed E-state index contributed by atoms with van der Waals surface area (Å²) in [6.45, 7) is 4.38. The molecule has 0 bridgehead atoms. The van der Waals surface area contributed by atoms with Gasteiger partial charge in [-0.05, 0) is 25.3 Å². The van der Waals surface area contributed by atoms with Crippen molar-refractivity contribution in [3.05, 3.63) is 35.9 Å². The number of nitrogens with zero attached hydrogens (tertiary/aromatic N) is 1. The highest BCUT2D eigenvalue weighted by molar-refractivity contribution is 5.93. The number of hydrogen-bond donors (Lipinski definition) is 0. The second-order valence-corrected chi connectivity index (χ2v) is 3.45. The Kier molecular flexibility index (Phi) is 5.41. The summed E-state index contributed by atoms with van der Waals surface area (Å²) in [7, 11) is 0. The molecule has 0 aliphatic heterocycles. The summed E-state index contributed by atoms with van der Waals surface area (Å²) < 4.78 is 0. The van der Waals surface area contributed by atoms with E-state index in [1.54, 1.807) is 18.7 Å². The van der Waals surface area contributed by atoms with Crippen molar-refractivity contribution in [2.24, 2.45) is 0 Å². The molecule has 17 heavy (non-hydrogen) atoms. The van der Waals surface area contributed by atoms with Crippen LogP contribution in [0.25, 0.3) is 0 Å². The van der Waals surface area contributed by atoms with Crippen LogP contribution in [-0.2, 0) is 11.3 Å². The first-order valence-electron chi connectivity index (χ1n) is 5.43. The van der Waals surface area contributed by atoms with Gasteiger partial charge in [0.1, 0.15) is 0 Å². The lowest BCUT2D eigenvalue weighted by atomic mass is 10.2. The van der Waals surface area contributed by atoms with E-state index in [-0.39, 0.29) is 5.91 Å². The molecule has 0 aliphatic rings. The van der Waals surface area contributed by atoms with Crippen molar-refractivity contribution in [1.82, 2.24) is 4.90 Å². The van der Waals surface area contributed by atoms with Crippen LogP contribution in [0.5, 0.6) is 0 Å². The van der Waals surface area contributed by atoms with Gasteiger partial charge in [-0.25, -0.2) is 0 Å². The zero-order valence-corrected chi connectivity index (χ0v) is 10.2. The van der Waals surface area contributed by atoms with Crippen LogP contribution in [0.4, 0.5) is 0 Å². The number of carbonyl (C=O) groups is 1. The molecule has 86 valence electrons. The van der Waals surface area contributed by atoms with Crippen molar-refractivity contribution in [3.63, 3.8) is 0 Å². The fourth-order valence-electron chi connectivity index (χ4n) is 1.36. The maximum absolute atomic E-state index is 11.7. The third kappa shape index (κ3) is 4.45. The van der Waals surface area contributed by atoms with Gasteiger partial charge in [0.05, 0.1) is 6.54 Å². The van der Waals surface area contributed by atoms with E-state index in [4.69, 9.17) is 0 Å². The van der Waals surface area contributed by atoms with E-state index < -0.39 is 0 Å². The average molecular weight is 225 g/mol. The van der Waals surface area contributed by atoms with E-state index in [1.165, 1.54) is 0 Å². The molecule has 0 unspecified atom stereocenters. The smallest absolute Gasteiger partial charge is 0.299 e. The normalized spacial score (nSPS) is 8.35. The molecule has 0 radical (unpaired) electrons. The minimum absolute atomic E-state index is 0.181. The fraction of sp³-hybridized carbons (Fsp3) is 0.267. The highest BCUT2D eigenvalue weighted by atomic mass is 16.2. The molecule has 0 atom stereocenters. The van der Waals surface area contributed by atoms with E-state index in [0.717, 1.165) is 5.56 Å². The highest BCUT2D eigenvalue weighted by Gasteiger charge is 2.09. The van der Waals surface area contributed by atoms with E-state index >= 15 is 0 Å². The van der Waals surface area contributed by atoms with Crippen molar-refractivity contribution in [2.45, 2.75) is 20.4 Å². The topological polar surface area (TPSA) is 20.3 Å². The van der Waals surface area contributed by atoms with E-state index in [2.05, 4.69) is 23.7 Å². The van der Waals surface area contributed by atoms with Gasteiger partial charge in [-0.2, -0.15) is 0 Å². The maximum atomic E-state index is 11.7. The van der Waals surface area contributed by atoms with Crippen LogP contribution >= 0.6 is 0 Å². The molecule has 0 saturated carbocycles. The summed E-state index contributed by atoms with van der Waals surface area (Å²) in [6, 6.07) is 9.83. The van der Waals surface area contributed by atoms with Crippen molar-refractivity contribution in [2.75, 3.05) is 6.54 Å². The molecule has 0 fully saturated rings. The molecule has 1 aromatic rings. The lowest BCUT2D eigenvalue weighted by Crippen LogP contribution is -2.29. The molecule has 2 nitrogen and oxygen atoms in total. The minimum Gasteiger partial charge on any atom is -0.316 e. The average Bonchev–Trinajstić information content (AvgIpc) is 2.36. The van der Waals surface area contributed by atoms with Gasteiger partial charge in [-0.3, -0.25) is 4.79 Å². The fourth-order valence-corrected chi connectivity index (χ4v) is 1.36. The lowest BCUT2D eigenvalue weighted by molar-refractivity contribution is -0.125. The molecule has 0 saturated heterocycles. The van der Waals surface area contributed by atoms with Gasteiger partial charge in [0, 0.05) is 6.54 Å². The quantitative estimate of drug-likeness (QED) is 0.721. The first kappa shape index (κ1) is 12.9. The Morgan fingerprint density at radius 2 is 1.88 bits per heavy atom. The van der Waals surface area contributed by atoms with Crippen LogP contribution in [0.1, 0.15) is 19.4 Å². The van der Waals surface area contributed by atoms with Gasteiger partial charge in [0.25, 0.3) is 5.91 Å². The Morgan fingerprint density at radius 3 is 2.47 bits per heavy atom. The van der Waals surface area contributed by atoms with Gasteiger partial charge >= 0.3 is 0 Å². The van der Waals surface area contributed by atoms with Crippen LogP contribution in [0.2, 0.25) is 0 Å². The summed E-state index contributed by atoms with van der Waals surface area (Å²) in [5.74, 6) is 10.7. The predicted octanol–water partition coefficient (Wildman–Crippen LogP) is 2.06. The Bertz CT molecular complexity index is 482. The van der Waals surface area contributed by atoms with Crippen LogP contribution in [0, 0.1) is 23.7 Å². The standard InChI is InChI=1S/C15H15NO/c1-3-5-12-16(15(17)9-4-2)13-14-10-7-6-8-11-14/h6-8,10-11H,12-13H2,1-2H3. The monoisotopic (exact) mass is 225 g/mol. The maximum Gasteiger partial charge on any atom is 0.299 e.